The maximum absolute atomic E-state index is 12.2. The number of rotatable bonds is 0. The highest BCUT2D eigenvalue weighted by Crippen LogP contribution is 2.66. The van der Waals surface area contributed by atoms with Crippen molar-refractivity contribution in [3.8, 4) is 0 Å². The average molecular weight is 316 g/mol. The molecule has 0 saturated heterocycles. The van der Waals surface area contributed by atoms with E-state index in [1.54, 1.807) is 5.57 Å². The van der Waals surface area contributed by atoms with Crippen molar-refractivity contribution in [2.45, 2.75) is 78.7 Å². The second kappa shape index (κ2) is 4.71. The molecule has 128 valence electrons. The highest BCUT2D eigenvalue weighted by atomic mass is 16.3. The first-order chi connectivity index (χ1) is 10.7. The van der Waals surface area contributed by atoms with Crippen molar-refractivity contribution in [1.82, 2.24) is 0 Å². The van der Waals surface area contributed by atoms with Gasteiger partial charge in [0, 0.05) is 11.8 Å². The molecule has 0 heterocycles. The Morgan fingerprint density at radius 1 is 1.09 bits per heavy atom. The van der Waals surface area contributed by atoms with E-state index in [-0.39, 0.29) is 11.2 Å². The first-order valence-electron chi connectivity index (χ1n) is 9.62. The van der Waals surface area contributed by atoms with Gasteiger partial charge in [-0.15, -0.1) is 0 Å². The smallest absolute Gasteiger partial charge is 0.162 e. The van der Waals surface area contributed by atoms with Crippen molar-refractivity contribution in [3.63, 3.8) is 0 Å². The molecule has 6 atom stereocenters. The van der Waals surface area contributed by atoms with E-state index in [2.05, 4.69) is 33.8 Å². The van der Waals surface area contributed by atoms with Gasteiger partial charge in [0.2, 0.25) is 0 Å². The number of hydrogen-bond acceptors (Lipinski definition) is 2. The number of ketones is 1. The fraction of sp³-hybridized carbons (Fsp3) is 0.857. The Kier molecular flexibility index (Phi) is 3.25. The number of fused-ring (bicyclic) bond motifs is 5. The monoisotopic (exact) mass is 316 g/mol. The van der Waals surface area contributed by atoms with Gasteiger partial charge in [-0.1, -0.05) is 45.8 Å². The fourth-order valence-corrected chi connectivity index (χ4v) is 7.26. The summed E-state index contributed by atoms with van der Waals surface area (Å²) in [6.07, 6.45) is 9.72. The van der Waals surface area contributed by atoms with Crippen LogP contribution in [-0.4, -0.2) is 17.0 Å². The second-order valence-corrected chi connectivity index (χ2v) is 10.0. The van der Waals surface area contributed by atoms with Gasteiger partial charge in [-0.25, -0.2) is 0 Å². The number of Topliss-reactive ketones (excluding diaryl/α,β-unsaturated/α-hetero) is 1. The number of aliphatic hydroxyl groups is 1. The van der Waals surface area contributed by atoms with Crippen molar-refractivity contribution in [2.24, 2.45) is 34.0 Å². The summed E-state index contributed by atoms with van der Waals surface area (Å²) in [6, 6.07) is 0. The molecular formula is C21H32O2. The van der Waals surface area contributed by atoms with Crippen molar-refractivity contribution in [3.05, 3.63) is 11.6 Å². The molecule has 0 aromatic rings. The third-order valence-electron chi connectivity index (χ3n) is 8.48. The quantitative estimate of drug-likeness (QED) is 0.667. The van der Waals surface area contributed by atoms with Gasteiger partial charge in [0.1, 0.15) is 6.10 Å². The van der Waals surface area contributed by atoms with Crippen LogP contribution >= 0.6 is 0 Å². The van der Waals surface area contributed by atoms with Crippen LogP contribution in [0.5, 0.6) is 0 Å². The van der Waals surface area contributed by atoms with E-state index >= 15 is 0 Å². The molecule has 3 saturated carbocycles. The molecular weight excluding hydrogens is 284 g/mol. The van der Waals surface area contributed by atoms with Crippen LogP contribution in [0.3, 0.4) is 0 Å². The van der Waals surface area contributed by atoms with Gasteiger partial charge in [0.25, 0.3) is 0 Å². The lowest BCUT2D eigenvalue weighted by Crippen LogP contribution is -2.52. The topological polar surface area (TPSA) is 37.3 Å². The molecule has 0 spiro atoms. The molecule has 23 heavy (non-hydrogen) atoms. The third-order valence-corrected chi connectivity index (χ3v) is 8.48. The minimum Gasteiger partial charge on any atom is -0.385 e. The van der Waals surface area contributed by atoms with Gasteiger partial charge < -0.3 is 5.11 Å². The molecule has 4 aliphatic carbocycles. The summed E-state index contributed by atoms with van der Waals surface area (Å²) < 4.78 is 0. The zero-order valence-corrected chi connectivity index (χ0v) is 15.2. The van der Waals surface area contributed by atoms with E-state index in [0.717, 1.165) is 12.8 Å². The van der Waals surface area contributed by atoms with Gasteiger partial charge in [-0.3, -0.25) is 4.79 Å². The fourth-order valence-electron chi connectivity index (χ4n) is 7.26. The molecule has 0 amide bonds. The summed E-state index contributed by atoms with van der Waals surface area (Å²) >= 11 is 0. The SMILES string of the molecule is CC1(C)CCC[C@@]2(C)C1=CC[C@H]1[C@@H]3CC(=O)[C@H](O)[C@@]3(C)CC[C@@H]12. The van der Waals surface area contributed by atoms with E-state index in [0.29, 0.717) is 35.0 Å². The van der Waals surface area contributed by atoms with Crippen molar-refractivity contribution >= 4 is 5.78 Å². The molecule has 2 heteroatoms. The number of carbonyl (C=O) groups is 1. The van der Waals surface area contributed by atoms with Gasteiger partial charge in [-0.2, -0.15) is 0 Å². The molecule has 0 aromatic carbocycles. The lowest BCUT2D eigenvalue weighted by molar-refractivity contribution is -0.128. The summed E-state index contributed by atoms with van der Waals surface area (Å²) in [5, 5.41) is 10.5. The van der Waals surface area contributed by atoms with Crippen LogP contribution in [0.1, 0.15) is 72.6 Å². The Bertz CT molecular complexity index is 574. The normalized spacial score (nSPS) is 51.5. The highest BCUT2D eigenvalue weighted by Gasteiger charge is 2.61. The summed E-state index contributed by atoms with van der Waals surface area (Å²) in [6.45, 7) is 9.53. The number of carbonyl (C=O) groups excluding carboxylic acids is 1. The van der Waals surface area contributed by atoms with Crippen LogP contribution in [0, 0.1) is 34.0 Å². The Hall–Kier alpha value is -0.630. The molecule has 0 aliphatic heterocycles. The third kappa shape index (κ3) is 1.94. The van der Waals surface area contributed by atoms with Crippen LogP contribution in [0.2, 0.25) is 0 Å². The van der Waals surface area contributed by atoms with Gasteiger partial charge in [-0.05, 0) is 60.7 Å². The molecule has 0 radical (unpaired) electrons. The molecule has 0 unspecified atom stereocenters. The van der Waals surface area contributed by atoms with Gasteiger partial charge in [0.05, 0.1) is 0 Å². The van der Waals surface area contributed by atoms with E-state index in [9.17, 15) is 9.90 Å². The van der Waals surface area contributed by atoms with Crippen molar-refractivity contribution in [2.75, 3.05) is 0 Å². The van der Waals surface area contributed by atoms with Crippen LogP contribution in [0.25, 0.3) is 0 Å². The summed E-state index contributed by atoms with van der Waals surface area (Å²) in [7, 11) is 0. The Morgan fingerprint density at radius 2 is 1.83 bits per heavy atom. The average Bonchev–Trinajstić information content (AvgIpc) is 2.70. The molecule has 1 N–H and O–H groups in total. The predicted octanol–water partition coefficient (Wildman–Crippen LogP) is 4.52. The van der Waals surface area contributed by atoms with E-state index in [1.165, 1.54) is 25.7 Å². The summed E-state index contributed by atoms with van der Waals surface area (Å²) in [5.41, 5.74) is 2.20. The van der Waals surface area contributed by atoms with E-state index < -0.39 is 6.10 Å². The molecule has 4 aliphatic rings. The first kappa shape index (κ1) is 15.9. The summed E-state index contributed by atoms with van der Waals surface area (Å²) in [4.78, 5) is 12.2. The Labute approximate surface area is 140 Å². The van der Waals surface area contributed by atoms with E-state index in [4.69, 9.17) is 0 Å². The summed E-state index contributed by atoms with van der Waals surface area (Å²) in [5.74, 6) is 1.79. The zero-order chi connectivity index (χ0) is 16.6. The van der Waals surface area contributed by atoms with Crippen LogP contribution < -0.4 is 0 Å². The minimum absolute atomic E-state index is 0.0991. The maximum Gasteiger partial charge on any atom is 0.162 e. The Balaban J connectivity index is 1.74. The number of allylic oxidation sites excluding steroid dienone is 2. The highest BCUT2D eigenvalue weighted by molar-refractivity contribution is 5.86. The van der Waals surface area contributed by atoms with Crippen LogP contribution in [0.4, 0.5) is 0 Å². The van der Waals surface area contributed by atoms with Crippen molar-refractivity contribution < 1.29 is 9.90 Å². The van der Waals surface area contributed by atoms with Gasteiger partial charge >= 0.3 is 0 Å². The number of aliphatic hydroxyl groups excluding tert-OH is 1. The largest absolute Gasteiger partial charge is 0.385 e. The maximum atomic E-state index is 12.2. The Morgan fingerprint density at radius 3 is 2.57 bits per heavy atom. The minimum atomic E-state index is -0.713. The van der Waals surface area contributed by atoms with Crippen LogP contribution in [0.15, 0.2) is 11.6 Å². The first-order valence-corrected chi connectivity index (χ1v) is 9.62. The second-order valence-electron chi connectivity index (χ2n) is 10.0. The molecule has 3 fully saturated rings. The zero-order valence-electron chi connectivity index (χ0n) is 15.2. The lowest BCUT2D eigenvalue weighted by Gasteiger charge is -2.59. The number of hydrogen-bond donors (Lipinski definition) is 1. The van der Waals surface area contributed by atoms with Crippen molar-refractivity contribution in [1.29, 1.82) is 0 Å². The van der Waals surface area contributed by atoms with E-state index in [1.807, 2.05) is 0 Å². The lowest BCUT2D eigenvalue weighted by atomic mass is 9.45. The van der Waals surface area contributed by atoms with Gasteiger partial charge in [0.15, 0.2) is 5.78 Å². The van der Waals surface area contributed by atoms with Crippen LogP contribution in [-0.2, 0) is 4.79 Å². The standard InChI is InChI=1S/C21H32O2/c1-19(2)9-5-10-20(3)14-8-11-21(4)15(12-16(22)18(21)23)13(14)6-7-17(19)20/h7,13-15,18,23H,5-6,8-12H2,1-4H3/t13-,14+,15+,18+,20-,21+/m1/s1. The predicted molar refractivity (Wildman–Crippen MR) is 91.9 cm³/mol. The molecule has 2 nitrogen and oxygen atoms in total. The molecule has 0 aromatic heterocycles. The molecule has 4 rings (SSSR count). The molecule has 0 bridgehead atoms.